The molecule has 104 valence electrons. The Bertz CT molecular complexity index is 398. The molecule has 1 aliphatic heterocycles. The van der Waals surface area contributed by atoms with Gasteiger partial charge >= 0.3 is 0 Å². The van der Waals surface area contributed by atoms with Crippen LogP contribution < -0.4 is 5.32 Å². The summed E-state index contributed by atoms with van der Waals surface area (Å²) in [7, 11) is 1.92. The number of nitrogens with zero attached hydrogens (tertiary/aromatic N) is 1. The summed E-state index contributed by atoms with van der Waals surface area (Å²) >= 11 is 0. The molecule has 1 saturated heterocycles. The van der Waals surface area contributed by atoms with Gasteiger partial charge in [0.2, 0.25) is 5.91 Å². The van der Waals surface area contributed by atoms with Gasteiger partial charge in [0.15, 0.2) is 0 Å². The van der Waals surface area contributed by atoms with Gasteiger partial charge in [-0.05, 0) is 44.3 Å². The monoisotopic (exact) mass is 260 g/mol. The molecule has 1 aliphatic rings. The molecule has 1 unspecified atom stereocenters. The molecule has 1 heterocycles. The summed E-state index contributed by atoms with van der Waals surface area (Å²) in [6.45, 7) is 4.20. The van der Waals surface area contributed by atoms with Crippen LogP contribution in [0.25, 0.3) is 0 Å². The Morgan fingerprint density at radius 2 is 1.95 bits per heavy atom. The molecule has 1 N–H and O–H groups in total. The fraction of sp³-hybridized carbons (Fsp3) is 0.562. The zero-order valence-corrected chi connectivity index (χ0v) is 11.9. The van der Waals surface area contributed by atoms with Gasteiger partial charge in [-0.15, -0.1) is 0 Å². The highest BCUT2D eigenvalue weighted by atomic mass is 16.2. The second-order valence-electron chi connectivity index (χ2n) is 5.49. The number of rotatable bonds is 4. The van der Waals surface area contributed by atoms with E-state index in [0.29, 0.717) is 12.3 Å². The van der Waals surface area contributed by atoms with Crippen LogP contribution in [-0.4, -0.2) is 30.9 Å². The van der Waals surface area contributed by atoms with Crippen LogP contribution in [0.4, 0.5) is 0 Å². The molecule has 0 aliphatic carbocycles. The van der Waals surface area contributed by atoms with E-state index in [1.807, 2.05) is 30.1 Å². The Kier molecular flexibility index (Phi) is 4.97. The van der Waals surface area contributed by atoms with Gasteiger partial charge in [0.25, 0.3) is 0 Å². The Morgan fingerprint density at radius 3 is 2.58 bits per heavy atom. The maximum absolute atomic E-state index is 12.3. The SMILES string of the molecule is CC(c1ccccc1)N(C)C(=O)CC1CCNCC1. The third-order valence-electron chi connectivity index (χ3n) is 4.18. The predicted molar refractivity (Wildman–Crippen MR) is 77.8 cm³/mol. The van der Waals surface area contributed by atoms with Gasteiger partial charge in [0.05, 0.1) is 6.04 Å². The van der Waals surface area contributed by atoms with Crippen LogP contribution in [0.2, 0.25) is 0 Å². The fourth-order valence-corrected chi connectivity index (χ4v) is 2.65. The minimum Gasteiger partial charge on any atom is -0.339 e. The maximum atomic E-state index is 12.3. The van der Waals surface area contributed by atoms with E-state index in [-0.39, 0.29) is 11.9 Å². The van der Waals surface area contributed by atoms with Crippen molar-refractivity contribution in [1.29, 1.82) is 0 Å². The second-order valence-corrected chi connectivity index (χ2v) is 5.49. The maximum Gasteiger partial charge on any atom is 0.223 e. The van der Waals surface area contributed by atoms with Gasteiger partial charge in [-0.25, -0.2) is 0 Å². The van der Waals surface area contributed by atoms with Gasteiger partial charge in [-0.1, -0.05) is 30.3 Å². The van der Waals surface area contributed by atoms with E-state index in [1.54, 1.807) is 0 Å². The van der Waals surface area contributed by atoms with Gasteiger partial charge < -0.3 is 10.2 Å². The van der Waals surface area contributed by atoms with Crippen LogP contribution in [0.1, 0.15) is 37.8 Å². The van der Waals surface area contributed by atoms with E-state index in [9.17, 15) is 4.79 Å². The Morgan fingerprint density at radius 1 is 1.32 bits per heavy atom. The van der Waals surface area contributed by atoms with E-state index < -0.39 is 0 Å². The normalized spacial score (nSPS) is 18.0. The molecule has 0 radical (unpaired) electrons. The average Bonchev–Trinajstić information content (AvgIpc) is 2.47. The first-order valence-electron chi connectivity index (χ1n) is 7.20. The molecular formula is C16H24N2O. The number of carbonyl (C=O) groups is 1. The van der Waals surface area contributed by atoms with Crippen molar-refractivity contribution in [2.24, 2.45) is 5.92 Å². The molecule has 1 fully saturated rings. The van der Waals surface area contributed by atoms with Gasteiger partial charge in [-0.3, -0.25) is 4.79 Å². The molecule has 3 nitrogen and oxygen atoms in total. The number of nitrogens with one attached hydrogen (secondary N) is 1. The number of benzene rings is 1. The molecule has 0 spiro atoms. The summed E-state index contributed by atoms with van der Waals surface area (Å²) < 4.78 is 0. The molecule has 1 aromatic rings. The summed E-state index contributed by atoms with van der Waals surface area (Å²) in [6.07, 6.45) is 2.94. The zero-order chi connectivity index (χ0) is 13.7. The first kappa shape index (κ1) is 14.1. The van der Waals surface area contributed by atoms with Crippen molar-refractivity contribution in [2.75, 3.05) is 20.1 Å². The predicted octanol–water partition coefficient (Wildman–Crippen LogP) is 2.60. The van der Waals surface area contributed by atoms with Crippen molar-refractivity contribution in [3.05, 3.63) is 35.9 Å². The minimum absolute atomic E-state index is 0.149. The number of amides is 1. The lowest BCUT2D eigenvalue weighted by Gasteiger charge is -2.28. The first-order valence-corrected chi connectivity index (χ1v) is 7.20. The zero-order valence-electron chi connectivity index (χ0n) is 11.9. The number of piperidine rings is 1. The summed E-state index contributed by atoms with van der Waals surface area (Å²) in [4.78, 5) is 14.2. The van der Waals surface area contributed by atoms with Gasteiger partial charge in [0.1, 0.15) is 0 Å². The average molecular weight is 260 g/mol. The molecule has 19 heavy (non-hydrogen) atoms. The molecule has 1 atom stereocenters. The van der Waals surface area contributed by atoms with Crippen LogP contribution in [0.3, 0.4) is 0 Å². The van der Waals surface area contributed by atoms with Crippen LogP contribution in [-0.2, 0) is 4.79 Å². The van der Waals surface area contributed by atoms with E-state index in [1.165, 1.54) is 5.56 Å². The van der Waals surface area contributed by atoms with Gasteiger partial charge in [0, 0.05) is 13.5 Å². The van der Waals surface area contributed by atoms with Crippen LogP contribution >= 0.6 is 0 Å². The Hall–Kier alpha value is -1.35. The summed E-state index contributed by atoms with van der Waals surface area (Å²) in [5.74, 6) is 0.822. The number of carbonyl (C=O) groups excluding carboxylic acids is 1. The molecule has 0 aromatic heterocycles. The summed E-state index contributed by atoms with van der Waals surface area (Å²) in [5, 5.41) is 3.34. The molecule has 0 bridgehead atoms. The van der Waals surface area contributed by atoms with Crippen LogP contribution in [0.15, 0.2) is 30.3 Å². The van der Waals surface area contributed by atoms with E-state index in [0.717, 1.165) is 25.9 Å². The summed E-state index contributed by atoms with van der Waals surface area (Å²) in [5.41, 5.74) is 1.20. The topological polar surface area (TPSA) is 32.3 Å². The number of hydrogen-bond acceptors (Lipinski definition) is 2. The minimum atomic E-state index is 0.149. The van der Waals surface area contributed by atoms with Crippen molar-refractivity contribution in [3.63, 3.8) is 0 Å². The highest BCUT2D eigenvalue weighted by Crippen LogP contribution is 2.22. The molecular weight excluding hydrogens is 236 g/mol. The Labute approximate surface area is 116 Å². The van der Waals surface area contributed by atoms with Crippen molar-refractivity contribution >= 4 is 5.91 Å². The Balaban J connectivity index is 1.91. The molecule has 1 amide bonds. The lowest BCUT2D eigenvalue weighted by atomic mass is 9.93. The molecule has 2 rings (SSSR count). The number of hydrogen-bond donors (Lipinski definition) is 1. The molecule has 0 saturated carbocycles. The summed E-state index contributed by atoms with van der Waals surface area (Å²) in [6, 6.07) is 10.4. The highest BCUT2D eigenvalue weighted by molar-refractivity contribution is 5.76. The van der Waals surface area contributed by atoms with Crippen molar-refractivity contribution in [2.45, 2.75) is 32.2 Å². The quantitative estimate of drug-likeness (QED) is 0.902. The second kappa shape index (κ2) is 6.71. The third-order valence-corrected chi connectivity index (χ3v) is 4.18. The van der Waals surface area contributed by atoms with E-state index in [2.05, 4.69) is 24.4 Å². The van der Waals surface area contributed by atoms with E-state index >= 15 is 0 Å². The van der Waals surface area contributed by atoms with Gasteiger partial charge in [-0.2, -0.15) is 0 Å². The van der Waals surface area contributed by atoms with Crippen LogP contribution in [0, 0.1) is 5.92 Å². The first-order chi connectivity index (χ1) is 9.18. The van der Waals surface area contributed by atoms with Crippen LogP contribution in [0.5, 0.6) is 0 Å². The largest absolute Gasteiger partial charge is 0.339 e. The smallest absolute Gasteiger partial charge is 0.223 e. The fourth-order valence-electron chi connectivity index (χ4n) is 2.65. The van der Waals surface area contributed by atoms with Crippen molar-refractivity contribution in [3.8, 4) is 0 Å². The highest BCUT2D eigenvalue weighted by Gasteiger charge is 2.22. The molecule has 3 heteroatoms. The van der Waals surface area contributed by atoms with E-state index in [4.69, 9.17) is 0 Å². The molecule has 1 aromatic carbocycles. The van der Waals surface area contributed by atoms with Crippen molar-refractivity contribution < 1.29 is 4.79 Å². The lowest BCUT2D eigenvalue weighted by molar-refractivity contribution is -0.133. The lowest BCUT2D eigenvalue weighted by Crippen LogP contribution is -2.34. The van der Waals surface area contributed by atoms with Crippen molar-refractivity contribution in [1.82, 2.24) is 10.2 Å². The third kappa shape index (κ3) is 3.80. The standard InChI is InChI=1S/C16H24N2O/c1-13(15-6-4-3-5-7-15)18(2)16(19)12-14-8-10-17-11-9-14/h3-7,13-14,17H,8-12H2,1-2H3.